The Labute approximate surface area is 196 Å². The number of halogens is 1. The van der Waals surface area contributed by atoms with E-state index in [1.165, 1.54) is 35.5 Å². The Morgan fingerprint density at radius 2 is 2.06 bits per heavy atom. The van der Waals surface area contributed by atoms with E-state index in [2.05, 4.69) is 55.5 Å². The molecule has 0 unspecified atom stereocenters. The van der Waals surface area contributed by atoms with Gasteiger partial charge < -0.3 is 4.57 Å². The smallest absolute Gasteiger partial charge is 0.281 e. The molecular formula is C23H28BrN5OS. The summed E-state index contributed by atoms with van der Waals surface area (Å²) < 4.78 is 3.29. The van der Waals surface area contributed by atoms with E-state index in [9.17, 15) is 4.79 Å². The summed E-state index contributed by atoms with van der Waals surface area (Å²) in [5.74, 6) is 5.72. The van der Waals surface area contributed by atoms with Crippen LogP contribution in [0.3, 0.4) is 0 Å². The van der Waals surface area contributed by atoms with E-state index in [0.29, 0.717) is 25.6 Å². The van der Waals surface area contributed by atoms with Crippen LogP contribution < -0.4 is 4.90 Å². The van der Waals surface area contributed by atoms with Crippen LogP contribution in [0.1, 0.15) is 47.2 Å². The molecule has 164 valence electrons. The van der Waals surface area contributed by atoms with Crippen molar-refractivity contribution in [2.45, 2.75) is 39.7 Å². The molecule has 0 spiro atoms. The molecule has 0 atom stereocenters. The van der Waals surface area contributed by atoms with Crippen LogP contribution in [0.15, 0.2) is 27.7 Å². The van der Waals surface area contributed by atoms with Gasteiger partial charge in [0.05, 0.1) is 6.54 Å². The van der Waals surface area contributed by atoms with Gasteiger partial charge in [-0.15, -0.1) is 0 Å². The topological polar surface area (TPSA) is 53.7 Å². The largest absolute Gasteiger partial charge is 0.318 e. The summed E-state index contributed by atoms with van der Waals surface area (Å²) in [4.78, 5) is 27.2. The number of anilines is 1. The molecular weight excluding hydrogens is 474 g/mol. The number of carbonyl (C=O) groups excluding carboxylic acids is 1. The van der Waals surface area contributed by atoms with Crippen LogP contribution in [0.25, 0.3) is 0 Å². The Kier molecular flexibility index (Phi) is 5.86. The van der Waals surface area contributed by atoms with Crippen LogP contribution in [-0.2, 0) is 13.0 Å². The number of hydrogen-bond acceptors (Lipinski definition) is 5. The molecule has 6 nitrogen and oxygen atoms in total. The molecule has 1 saturated heterocycles. The summed E-state index contributed by atoms with van der Waals surface area (Å²) in [5.41, 5.74) is 3.11. The summed E-state index contributed by atoms with van der Waals surface area (Å²) in [7, 11) is 0. The number of aromatic nitrogens is 2. The van der Waals surface area contributed by atoms with Crippen molar-refractivity contribution < 1.29 is 4.79 Å². The average molecular weight is 502 g/mol. The number of thioether (sulfide) groups is 1. The Morgan fingerprint density at radius 1 is 1.26 bits per heavy atom. The predicted octanol–water partition coefficient (Wildman–Crippen LogP) is 4.34. The highest BCUT2D eigenvalue weighted by molar-refractivity contribution is 9.10. The van der Waals surface area contributed by atoms with Gasteiger partial charge in [-0.25, -0.2) is 4.98 Å². The fourth-order valence-corrected chi connectivity index (χ4v) is 6.34. The normalized spacial score (nSPS) is 18.9. The number of aryl methyl sites for hydroxylation is 1. The monoisotopic (exact) mass is 501 g/mol. The summed E-state index contributed by atoms with van der Waals surface area (Å²) in [6.07, 6.45) is 3.38. The van der Waals surface area contributed by atoms with E-state index in [1.54, 1.807) is 4.90 Å². The van der Waals surface area contributed by atoms with Gasteiger partial charge in [-0.2, -0.15) is 11.8 Å². The first-order valence-corrected chi connectivity index (χ1v) is 13.1. The summed E-state index contributed by atoms with van der Waals surface area (Å²) in [6.45, 7) is 6.88. The van der Waals surface area contributed by atoms with Crippen molar-refractivity contribution in [1.29, 1.82) is 0 Å². The second-order valence-electron chi connectivity index (χ2n) is 8.51. The molecule has 1 fully saturated rings. The molecule has 1 amide bonds. The third-order valence-corrected chi connectivity index (χ3v) is 8.40. The number of imidazole rings is 1. The summed E-state index contributed by atoms with van der Waals surface area (Å²) in [6, 6.07) is 6.45. The molecule has 0 aliphatic carbocycles. The Hall–Kier alpha value is -1.80. The van der Waals surface area contributed by atoms with Gasteiger partial charge in [0, 0.05) is 30.5 Å². The first-order chi connectivity index (χ1) is 15.1. The molecule has 1 aromatic carbocycles. The molecule has 2 aromatic rings. The highest BCUT2D eigenvalue weighted by atomic mass is 79.9. The molecule has 0 radical (unpaired) electrons. The maximum absolute atomic E-state index is 13.6. The Balaban J connectivity index is 1.59. The lowest BCUT2D eigenvalue weighted by Gasteiger charge is -2.33. The van der Waals surface area contributed by atoms with Crippen molar-refractivity contribution in [2.75, 3.05) is 36.0 Å². The van der Waals surface area contributed by atoms with Gasteiger partial charge in [0.1, 0.15) is 5.82 Å². The predicted molar refractivity (Wildman–Crippen MR) is 130 cm³/mol. The average Bonchev–Trinajstić information content (AvgIpc) is 3.38. The quantitative estimate of drug-likeness (QED) is 0.611. The Bertz CT molecular complexity index is 1040. The number of benzene rings is 1. The first-order valence-electron chi connectivity index (χ1n) is 11.1. The first kappa shape index (κ1) is 21.1. The second kappa shape index (κ2) is 8.62. The van der Waals surface area contributed by atoms with Crippen LogP contribution in [0.4, 0.5) is 5.82 Å². The third kappa shape index (κ3) is 3.82. The van der Waals surface area contributed by atoms with E-state index in [0.717, 1.165) is 40.7 Å². The third-order valence-electron chi connectivity index (χ3n) is 6.50. The molecule has 8 heteroatoms. The number of guanidine groups is 1. The van der Waals surface area contributed by atoms with Gasteiger partial charge in [0.15, 0.2) is 11.5 Å². The van der Waals surface area contributed by atoms with Gasteiger partial charge in [0.2, 0.25) is 5.96 Å². The zero-order valence-corrected chi connectivity index (χ0v) is 20.5. The van der Waals surface area contributed by atoms with Gasteiger partial charge in [0.25, 0.3) is 5.91 Å². The molecule has 3 aliphatic rings. The SMILES string of the molecule is CCN1C(=O)c2c(nc(CC3CCSCC3)n2Cc2ccc(C)c(Br)c2)N2CCN=C12. The van der Waals surface area contributed by atoms with Crippen LogP contribution in [-0.4, -0.2) is 57.5 Å². The highest BCUT2D eigenvalue weighted by Gasteiger charge is 2.41. The molecule has 0 bridgehead atoms. The number of rotatable bonds is 5. The fourth-order valence-electron chi connectivity index (χ4n) is 4.71. The van der Waals surface area contributed by atoms with Crippen molar-refractivity contribution in [3.05, 3.63) is 45.3 Å². The zero-order valence-electron chi connectivity index (χ0n) is 18.1. The molecule has 0 N–H and O–H groups in total. The van der Waals surface area contributed by atoms with Crippen LogP contribution in [0.5, 0.6) is 0 Å². The molecule has 31 heavy (non-hydrogen) atoms. The molecule has 3 aliphatic heterocycles. The highest BCUT2D eigenvalue weighted by Crippen LogP contribution is 2.34. The number of aliphatic imine (C=N–C) groups is 1. The number of fused-ring (bicyclic) bond motifs is 3. The lowest BCUT2D eigenvalue weighted by atomic mass is 9.98. The lowest BCUT2D eigenvalue weighted by molar-refractivity contribution is 0.0836. The van der Waals surface area contributed by atoms with Crippen molar-refractivity contribution in [2.24, 2.45) is 10.9 Å². The van der Waals surface area contributed by atoms with Crippen molar-refractivity contribution in [1.82, 2.24) is 14.5 Å². The van der Waals surface area contributed by atoms with E-state index in [1.807, 2.05) is 18.7 Å². The van der Waals surface area contributed by atoms with E-state index >= 15 is 0 Å². The lowest BCUT2D eigenvalue weighted by Crippen LogP contribution is -2.50. The Morgan fingerprint density at radius 3 is 2.81 bits per heavy atom. The van der Waals surface area contributed by atoms with Gasteiger partial charge in [-0.3, -0.25) is 19.6 Å². The van der Waals surface area contributed by atoms with E-state index in [4.69, 9.17) is 4.98 Å². The molecule has 4 heterocycles. The van der Waals surface area contributed by atoms with Gasteiger partial charge in [-0.05, 0) is 61.3 Å². The fraction of sp³-hybridized carbons (Fsp3) is 0.522. The minimum absolute atomic E-state index is 0.0264. The van der Waals surface area contributed by atoms with Crippen molar-refractivity contribution in [3.63, 3.8) is 0 Å². The minimum Gasteiger partial charge on any atom is -0.318 e. The molecule has 0 saturated carbocycles. The number of amides is 1. The van der Waals surface area contributed by atoms with Crippen LogP contribution >= 0.6 is 27.7 Å². The molecule has 5 rings (SSSR count). The standard InChI is InChI=1S/C23H28BrN5OS/c1-3-27-22(30)20-21(28-9-8-25-23(27)28)26-19(13-16-6-10-31-11-7-16)29(20)14-17-5-4-15(2)18(24)12-17/h4-5,12,16H,3,6-11,13-14H2,1-2H3. The van der Waals surface area contributed by atoms with E-state index < -0.39 is 0 Å². The summed E-state index contributed by atoms with van der Waals surface area (Å²) in [5, 5.41) is 0. The second-order valence-corrected chi connectivity index (χ2v) is 10.6. The summed E-state index contributed by atoms with van der Waals surface area (Å²) >= 11 is 5.71. The van der Waals surface area contributed by atoms with Gasteiger partial charge in [-0.1, -0.05) is 28.1 Å². The van der Waals surface area contributed by atoms with Crippen molar-refractivity contribution >= 4 is 45.4 Å². The minimum atomic E-state index is 0.0264. The number of carbonyl (C=O) groups is 1. The van der Waals surface area contributed by atoms with Crippen LogP contribution in [0, 0.1) is 12.8 Å². The number of nitrogens with zero attached hydrogens (tertiary/aromatic N) is 5. The zero-order chi connectivity index (χ0) is 21.5. The van der Waals surface area contributed by atoms with Crippen molar-refractivity contribution in [3.8, 4) is 0 Å². The van der Waals surface area contributed by atoms with E-state index in [-0.39, 0.29) is 5.91 Å². The molecule has 1 aromatic heterocycles. The van der Waals surface area contributed by atoms with Gasteiger partial charge >= 0.3 is 0 Å². The maximum Gasteiger partial charge on any atom is 0.281 e. The maximum atomic E-state index is 13.6. The number of hydrogen-bond donors (Lipinski definition) is 0. The van der Waals surface area contributed by atoms with Crippen LogP contribution in [0.2, 0.25) is 0 Å².